The van der Waals surface area contributed by atoms with Gasteiger partial charge in [0.05, 0.1) is 12.5 Å². The van der Waals surface area contributed by atoms with Crippen LogP contribution in [0.3, 0.4) is 0 Å². The Hall–Kier alpha value is -2.82. The average molecular weight is 405 g/mol. The third-order valence-corrected chi connectivity index (χ3v) is 7.27. The van der Waals surface area contributed by atoms with Crippen LogP contribution in [0.1, 0.15) is 48.9 Å². The van der Waals surface area contributed by atoms with Gasteiger partial charge in [0.25, 0.3) is 5.91 Å². The van der Waals surface area contributed by atoms with Gasteiger partial charge in [-0.25, -0.2) is 0 Å². The molecule has 0 atom stereocenters. The van der Waals surface area contributed by atoms with Gasteiger partial charge in [0.1, 0.15) is 5.75 Å². The van der Waals surface area contributed by atoms with Gasteiger partial charge in [0, 0.05) is 16.9 Å². The number of methoxy groups -OCH3 is 1. The highest BCUT2D eigenvalue weighted by atomic mass is 16.5. The van der Waals surface area contributed by atoms with Gasteiger partial charge < -0.3 is 15.4 Å². The number of benzene rings is 2. The zero-order chi connectivity index (χ0) is 20.7. The molecule has 4 aliphatic rings. The first kappa shape index (κ1) is 19.2. The molecule has 156 valence electrons. The molecule has 6 rings (SSSR count). The molecule has 0 aromatic heterocycles. The van der Waals surface area contributed by atoms with Gasteiger partial charge in [-0.2, -0.15) is 0 Å². The Morgan fingerprint density at radius 2 is 1.30 bits per heavy atom. The lowest BCUT2D eigenvalue weighted by molar-refractivity contribution is -0.140. The van der Waals surface area contributed by atoms with Crippen LogP contribution < -0.4 is 15.4 Å². The minimum Gasteiger partial charge on any atom is -0.497 e. The van der Waals surface area contributed by atoms with Gasteiger partial charge in [-0.05, 0) is 105 Å². The van der Waals surface area contributed by atoms with Crippen molar-refractivity contribution < 1.29 is 14.3 Å². The van der Waals surface area contributed by atoms with Gasteiger partial charge in [0.15, 0.2) is 0 Å². The van der Waals surface area contributed by atoms with E-state index in [4.69, 9.17) is 4.74 Å². The van der Waals surface area contributed by atoms with Gasteiger partial charge in [-0.15, -0.1) is 0 Å². The molecule has 0 aliphatic heterocycles. The summed E-state index contributed by atoms with van der Waals surface area (Å²) in [5, 5.41) is 6.02. The second-order valence-electron chi connectivity index (χ2n) is 9.41. The summed E-state index contributed by atoms with van der Waals surface area (Å²) in [5.74, 6) is 2.96. The Bertz CT molecular complexity index is 914. The third-order valence-electron chi connectivity index (χ3n) is 7.27. The van der Waals surface area contributed by atoms with E-state index in [0.29, 0.717) is 11.3 Å². The highest BCUT2D eigenvalue weighted by Crippen LogP contribution is 2.60. The summed E-state index contributed by atoms with van der Waals surface area (Å²) >= 11 is 0. The molecule has 4 fully saturated rings. The Morgan fingerprint density at radius 3 is 1.83 bits per heavy atom. The number of ether oxygens (including phenoxy) is 1. The van der Waals surface area contributed by atoms with E-state index in [0.717, 1.165) is 48.5 Å². The van der Waals surface area contributed by atoms with Gasteiger partial charge >= 0.3 is 0 Å². The molecule has 4 aliphatic carbocycles. The van der Waals surface area contributed by atoms with Crippen molar-refractivity contribution in [3.8, 4) is 5.75 Å². The Balaban J connectivity index is 1.23. The maximum atomic E-state index is 13.2. The van der Waals surface area contributed by atoms with Crippen molar-refractivity contribution in [1.82, 2.24) is 0 Å². The van der Waals surface area contributed by atoms with Gasteiger partial charge in [0.2, 0.25) is 5.91 Å². The van der Waals surface area contributed by atoms with Crippen LogP contribution in [0.25, 0.3) is 0 Å². The van der Waals surface area contributed by atoms with Crippen LogP contribution in [-0.2, 0) is 4.79 Å². The number of nitrogens with one attached hydrogen (secondary N) is 2. The lowest BCUT2D eigenvalue weighted by Crippen LogP contribution is -2.51. The van der Waals surface area contributed by atoms with Crippen molar-refractivity contribution in [3.63, 3.8) is 0 Å². The van der Waals surface area contributed by atoms with E-state index in [2.05, 4.69) is 10.6 Å². The summed E-state index contributed by atoms with van der Waals surface area (Å²) in [4.78, 5) is 25.7. The predicted molar refractivity (Wildman–Crippen MR) is 117 cm³/mol. The fourth-order valence-corrected chi connectivity index (χ4v) is 6.23. The number of rotatable bonds is 5. The van der Waals surface area contributed by atoms with Crippen LogP contribution in [-0.4, -0.2) is 18.9 Å². The molecule has 4 saturated carbocycles. The Labute approximate surface area is 177 Å². The summed E-state index contributed by atoms with van der Waals surface area (Å²) < 4.78 is 5.13. The SMILES string of the molecule is COc1ccc(NC(=O)c2ccc(NC(=O)C34CC5CC(CC(C5)C3)C4)cc2)cc1. The van der Waals surface area contributed by atoms with Crippen LogP contribution in [0.2, 0.25) is 0 Å². The van der Waals surface area contributed by atoms with E-state index in [1.807, 2.05) is 12.1 Å². The maximum absolute atomic E-state index is 13.2. The van der Waals surface area contributed by atoms with Crippen molar-refractivity contribution in [2.24, 2.45) is 23.2 Å². The molecule has 0 radical (unpaired) electrons. The number of hydrogen-bond donors (Lipinski definition) is 2. The zero-order valence-electron chi connectivity index (χ0n) is 17.3. The second-order valence-corrected chi connectivity index (χ2v) is 9.41. The van der Waals surface area contributed by atoms with Crippen LogP contribution in [0.15, 0.2) is 48.5 Å². The summed E-state index contributed by atoms with van der Waals surface area (Å²) in [5.41, 5.74) is 1.86. The summed E-state index contributed by atoms with van der Waals surface area (Å²) in [6.07, 6.45) is 7.12. The second kappa shape index (κ2) is 7.46. The average Bonchev–Trinajstić information content (AvgIpc) is 2.74. The van der Waals surface area contributed by atoms with Crippen molar-refractivity contribution in [1.29, 1.82) is 0 Å². The zero-order valence-corrected chi connectivity index (χ0v) is 17.3. The topological polar surface area (TPSA) is 67.4 Å². The fourth-order valence-electron chi connectivity index (χ4n) is 6.23. The quantitative estimate of drug-likeness (QED) is 0.728. The number of carbonyl (C=O) groups excluding carboxylic acids is 2. The van der Waals surface area contributed by atoms with Crippen molar-refractivity contribution in [2.75, 3.05) is 17.7 Å². The van der Waals surface area contributed by atoms with Gasteiger partial charge in [-0.3, -0.25) is 9.59 Å². The van der Waals surface area contributed by atoms with Crippen LogP contribution >= 0.6 is 0 Å². The first-order valence-corrected chi connectivity index (χ1v) is 10.9. The van der Waals surface area contributed by atoms with E-state index >= 15 is 0 Å². The normalized spacial score (nSPS) is 28.8. The molecule has 2 N–H and O–H groups in total. The number of amides is 2. The molecule has 2 amide bonds. The number of hydrogen-bond acceptors (Lipinski definition) is 3. The standard InChI is InChI=1S/C25H28N2O3/c1-30-22-8-6-20(7-9-22)26-23(28)19-2-4-21(5-3-19)27-24(29)25-13-16-10-17(14-25)12-18(11-16)15-25/h2-9,16-18H,10-15H2,1H3,(H,26,28)(H,27,29). The minimum absolute atomic E-state index is 0.167. The maximum Gasteiger partial charge on any atom is 0.255 e. The minimum atomic E-state index is -0.181. The highest BCUT2D eigenvalue weighted by molar-refractivity contribution is 6.04. The van der Waals surface area contributed by atoms with E-state index in [1.165, 1.54) is 19.3 Å². The van der Waals surface area contributed by atoms with Crippen molar-refractivity contribution in [2.45, 2.75) is 38.5 Å². The monoisotopic (exact) mass is 404 g/mol. The molecule has 30 heavy (non-hydrogen) atoms. The number of anilines is 2. The molecule has 2 aromatic carbocycles. The van der Waals surface area contributed by atoms with E-state index in [9.17, 15) is 9.59 Å². The molecule has 0 spiro atoms. The van der Waals surface area contributed by atoms with Crippen LogP contribution in [0.5, 0.6) is 5.75 Å². The molecule has 0 heterocycles. The van der Waals surface area contributed by atoms with Crippen LogP contribution in [0, 0.1) is 23.2 Å². The van der Waals surface area contributed by atoms with E-state index in [-0.39, 0.29) is 17.2 Å². The first-order chi connectivity index (χ1) is 14.5. The van der Waals surface area contributed by atoms with E-state index in [1.54, 1.807) is 43.5 Å². The lowest BCUT2D eigenvalue weighted by atomic mass is 9.49. The molecule has 2 aromatic rings. The molecular formula is C25H28N2O3. The summed E-state index contributed by atoms with van der Waals surface area (Å²) in [7, 11) is 1.61. The first-order valence-electron chi connectivity index (χ1n) is 10.9. The molecule has 5 nitrogen and oxygen atoms in total. The van der Waals surface area contributed by atoms with Crippen molar-refractivity contribution in [3.05, 3.63) is 54.1 Å². The molecule has 0 unspecified atom stereocenters. The summed E-state index contributed by atoms with van der Waals surface area (Å²) in [6.45, 7) is 0. The molecule has 5 heteroatoms. The van der Waals surface area contributed by atoms with Crippen LogP contribution in [0.4, 0.5) is 11.4 Å². The molecule has 4 bridgehead atoms. The fraction of sp³-hybridized carbons (Fsp3) is 0.440. The lowest BCUT2D eigenvalue weighted by Gasteiger charge is -2.55. The molecule has 0 saturated heterocycles. The van der Waals surface area contributed by atoms with E-state index < -0.39 is 0 Å². The summed E-state index contributed by atoms with van der Waals surface area (Å²) in [6, 6.07) is 14.4. The Kier molecular flexibility index (Phi) is 4.76. The highest BCUT2D eigenvalue weighted by Gasteiger charge is 2.54. The molecular weight excluding hydrogens is 376 g/mol. The largest absolute Gasteiger partial charge is 0.497 e. The van der Waals surface area contributed by atoms with Crippen molar-refractivity contribution >= 4 is 23.2 Å². The van der Waals surface area contributed by atoms with Gasteiger partial charge in [-0.1, -0.05) is 0 Å². The smallest absolute Gasteiger partial charge is 0.255 e. The predicted octanol–water partition coefficient (Wildman–Crippen LogP) is 5.10. The number of carbonyl (C=O) groups is 2. The Morgan fingerprint density at radius 1 is 0.800 bits per heavy atom. The third kappa shape index (κ3) is 3.57.